The topological polar surface area (TPSA) is 29.5 Å². The molecule has 3 rings (SSSR count). The van der Waals surface area contributed by atoms with E-state index in [4.69, 9.17) is 4.74 Å². The monoisotopic (exact) mass is 258 g/mol. The Bertz CT molecular complexity index is 622. The molecule has 0 fully saturated rings. The maximum absolute atomic E-state index is 14.2. The van der Waals surface area contributed by atoms with Gasteiger partial charge in [0, 0.05) is 6.42 Å². The van der Waals surface area contributed by atoms with Gasteiger partial charge in [-0.1, -0.05) is 30.3 Å². The Morgan fingerprint density at radius 3 is 2.79 bits per heavy atom. The number of benzene rings is 2. The highest BCUT2D eigenvalue weighted by molar-refractivity contribution is 5.76. The van der Waals surface area contributed by atoms with Gasteiger partial charge in [0.1, 0.15) is 17.7 Å². The van der Waals surface area contributed by atoms with E-state index >= 15 is 0 Å². The first-order valence-electron chi connectivity index (χ1n) is 6.35. The third kappa shape index (κ3) is 2.00. The van der Waals surface area contributed by atoms with Crippen LogP contribution in [0.25, 0.3) is 11.1 Å². The molecule has 2 aromatic carbocycles. The van der Waals surface area contributed by atoms with Crippen molar-refractivity contribution >= 4 is 0 Å². The highest BCUT2D eigenvalue weighted by Gasteiger charge is 2.27. The van der Waals surface area contributed by atoms with Gasteiger partial charge in [-0.15, -0.1) is 0 Å². The van der Waals surface area contributed by atoms with Crippen LogP contribution in [0.2, 0.25) is 0 Å². The normalized spacial score (nSPS) is 17.1. The van der Waals surface area contributed by atoms with E-state index in [1.54, 1.807) is 6.07 Å². The summed E-state index contributed by atoms with van der Waals surface area (Å²) >= 11 is 0. The fourth-order valence-electron chi connectivity index (χ4n) is 2.56. The summed E-state index contributed by atoms with van der Waals surface area (Å²) < 4.78 is 19.9. The summed E-state index contributed by atoms with van der Waals surface area (Å²) in [6.07, 6.45) is 0.366. The Morgan fingerprint density at radius 1 is 1.26 bits per heavy atom. The quantitative estimate of drug-likeness (QED) is 0.897. The molecule has 0 amide bonds. The van der Waals surface area contributed by atoms with Gasteiger partial charge in [0.2, 0.25) is 0 Å². The average molecular weight is 258 g/mol. The molecule has 98 valence electrons. The Balaban J connectivity index is 2.18. The van der Waals surface area contributed by atoms with Gasteiger partial charge in [-0.3, -0.25) is 0 Å². The van der Waals surface area contributed by atoms with Crippen molar-refractivity contribution < 1.29 is 14.2 Å². The molecule has 1 heterocycles. The first-order chi connectivity index (χ1) is 9.20. The third-order valence-electron chi connectivity index (χ3n) is 3.54. The van der Waals surface area contributed by atoms with Crippen molar-refractivity contribution in [3.05, 3.63) is 53.3 Å². The Kier molecular flexibility index (Phi) is 2.99. The summed E-state index contributed by atoms with van der Waals surface area (Å²) in [5.41, 5.74) is 3.31. The smallest absolute Gasteiger partial charge is 0.134 e. The lowest BCUT2D eigenvalue weighted by atomic mass is 9.96. The van der Waals surface area contributed by atoms with Crippen LogP contribution in [0.4, 0.5) is 4.39 Å². The molecule has 3 heteroatoms. The summed E-state index contributed by atoms with van der Waals surface area (Å²) in [5.74, 6) is 0.292. The second-order valence-electron chi connectivity index (χ2n) is 4.85. The lowest BCUT2D eigenvalue weighted by Gasteiger charge is -2.13. The summed E-state index contributed by atoms with van der Waals surface area (Å²) in [6, 6.07) is 10.9. The van der Waals surface area contributed by atoms with E-state index in [9.17, 15) is 9.50 Å². The zero-order valence-corrected chi connectivity index (χ0v) is 10.7. The first kappa shape index (κ1) is 12.2. The number of hydrogen-bond acceptors (Lipinski definition) is 2. The minimum atomic E-state index is -0.286. The van der Waals surface area contributed by atoms with Gasteiger partial charge in [0.05, 0.1) is 12.2 Å². The maximum atomic E-state index is 14.2. The number of hydrogen-bond donors (Lipinski definition) is 1. The van der Waals surface area contributed by atoms with Gasteiger partial charge in [-0.05, 0) is 29.7 Å². The molecule has 0 spiro atoms. The number of halogens is 1. The molecular weight excluding hydrogens is 243 g/mol. The van der Waals surface area contributed by atoms with Crippen molar-refractivity contribution in [2.24, 2.45) is 0 Å². The first-order valence-corrected chi connectivity index (χ1v) is 6.35. The van der Waals surface area contributed by atoms with E-state index in [2.05, 4.69) is 0 Å². The van der Waals surface area contributed by atoms with E-state index in [1.807, 2.05) is 31.2 Å². The molecule has 1 N–H and O–H groups in total. The van der Waals surface area contributed by atoms with Crippen LogP contribution in [0.15, 0.2) is 36.4 Å². The van der Waals surface area contributed by atoms with Crippen molar-refractivity contribution in [2.75, 3.05) is 6.61 Å². The highest BCUT2D eigenvalue weighted by atomic mass is 19.1. The molecule has 1 atom stereocenters. The SMILES string of the molecule is Cc1ccccc1-c1c(F)ccc2c1O[C@@H](CO)C2. The minimum Gasteiger partial charge on any atom is -0.487 e. The lowest BCUT2D eigenvalue weighted by Crippen LogP contribution is -2.17. The molecule has 0 aliphatic carbocycles. The van der Waals surface area contributed by atoms with Gasteiger partial charge in [0.25, 0.3) is 0 Å². The molecule has 0 bridgehead atoms. The lowest BCUT2D eigenvalue weighted by molar-refractivity contribution is 0.135. The number of aliphatic hydroxyl groups is 1. The Morgan fingerprint density at radius 2 is 2.05 bits per heavy atom. The van der Waals surface area contributed by atoms with Crippen LogP contribution in [0.1, 0.15) is 11.1 Å². The molecule has 1 aliphatic heterocycles. The van der Waals surface area contributed by atoms with E-state index in [1.165, 1.54) is 6.07 Å². The summed E-state index contributed by atoms with van der Waals surface area (Å²) in [4.78, 5) is 0. The second kappa shape index (κ2) is 4.67. The summed E-state index contributed by atoms with van der Waals surface area (Å²) in [5, 5.41) is 9.20. The predicted octanol–water partition coefficient (Wildman–Crippen LogP) is 3.10. The van der Waals surface area contributed by atoms with Gasteiger partial charge < -0.3 is 9.84 Å². The number of ether oxygens (including phenoxy) is 1. The molecule has 0 saturated carbocycles. The fraction of sp³-hybridized carbons (Fsp3) is 0.250. The molecule has 0 radical (unpaired) electrons. The molecule has 2 nitrogen and oxygen atoms in total. The van der Waals surface area contributed by atoms with Gasteiger partial charge >= 0.3 is 0 Å². The third-order valence-corrected chi connectivity index (χ3v) is 3.54. The van der Waals surface area contributed by atoms with Gasteiger partial charge in [-0.2, -0.15) is 0 Å². The molecular formula is C16H15FO2. The van der Waals surface area contributed by atoms with E-state index < -0.39 is 0 Å². The number of aliphatic hydroxyl groups excluding tert-OH is 1. The Hall–Kier alpha value is -1.87. The summed E-state index contributed by atoms with van der Waals surface area (Å²) in [7, 11) is 0. The van der Waals surface area contributed by atoms with Crippen LogP contribution in [0, 0.1) is 12.7 Å². The van der Waals surface area contributed by atoms with Crippen LogP contribution in [0.5, 0.6) is 5.75 Å². The highest BCUT2D eigenvalue weighted by Crippen LogP contribution is 2.41. The van der Waals surface area contributed by atoms with Crippen LogP contribution in [-0.4, -0.2) is 17.8 Å². The molecule has 0 saturated heterocycles. The zero-order chi connectivity index (χ0) is 13.4. The molecule has 19 heavy (non-hydrogen) atoms. The number of aryl methyl sites for hydroxylation is 1. The van der Waals surface area contributed by atoms with Crippen LogP contribution in [-0.2, 0) is 6.42 Å². The van der Waals surface area contributed by atoms with E-state index in [0.29, 0.717) is 17.7 Å². The van der Waals surface area contributed by atoms with Crippen molar-refractivity contribution in [3.63, 3.8) is 0 Å². The molecule has 0 aromatic heterocycles. The van der Waals surface area contributed by atoms with Crippen LogP contribution < -0.4 is 4.74 Å². The maximum Gasteiger partial charge on any atom is 0.134 e. The molecule has 1 aliphatic rings. The molecule has 0 unspecified atom stereocenters. The van der Waals surface area contributed by atoms with Gasteiger partial charge in [-0.25, -0.2) is 4.39 Å². The number of fused-ring (bicyclic) bond motifs is 1. The zero-order valence-electron chi connectivity index (χ0n) is 10.7. The largest absolute Gasteiger partial charge is 0.487 e. The molecule has 2 aromatic rings. The van der Waals surface area contributed by atoms with Gasteiger partial charge in [0.15, 0.2) is 0 Å². The fourth-order valence-corrected chi connectivity index (χ4v) is 2.56. The Labute approximate surface area is 111 Å². The number of rotatable bonds is 2. The van der Waals surface area contributed by atoms with E-state index in [-0.39, 0.29) is 18.5 Å². The van der Waals surface area contributed by atoms with Crippen LogP contribution in [0.3, 0.4) is 0 Å². The minimum absolute atomic E-state index is 0.0521. The van der Waals surface area contributed by atoms with Crippen LogP contribution >= 0.6 is 0 Å². The average Bonchev–Trinajstić information content (AvgIpc) is 2.83. The van der Waals surface area contributed by atoms with Crippen molar-refractivity contribution in [3.8, 4) is 16.9 Å². The predicted molar refractivity (Wildman–Crippen MR) is 71.8 cm³/mol. The van der Waals surface area contributed by atoms with Crippen molar-refractivity contribution in [2.45, 2.75) is 19.4 Å². The van der Waals surface area contributed by atoms with Crippen molar-refractivity contribution in [1.29, 1.82) is 0 Å². The second-order valence-corrected chi connectivity index (χ2v) is 4.85. The van der Waals surface area contributed by atoms with E-state index in [0.717, 1.165) is 16.7 Å². The van der Waals surface area contributed by atoms with Crippen molar-refractivity contribution in [1.82, 2.24) is 0 Å². The standard InChI is InChI=1S/C16H15FO2/c1-10-4-2-3-5-13(10)15-14(17)7-6-11-8-12(9-18)19-16(11)15/h2-7,12,18H,8-9H2,1H3/t12-/m1/s1. The summed E-state index contributed by atoms with van der Waals surface area (Å²) in [6.45, 7) is 1.90.